The summed E-state index contributed by atoms with van der Waals surface area (Å²) in [4.78, 5) is 25.2. The van der Waals surface area contributed by atoms with Gasteiger partial charge in [0.1, 0.15) is 5.75 Å². The predicted octanol–water partition coefficient (Wildman–Crippen LogP) is 2.19. The normalized spacial score (nSPS) is 12.9. The van der Waals surface area contributed by atoms with Gasteiger partial charge in [0, 0.05) is 11.1 Å². The van der Waals surface area contributed by atoms with Crippen molar-refractivity contribution in [1.29, 1.82) is 0 Å². The Morgan fingerprint density at radius 1 is 0.952 bits per heavy atom. The lowest BCUT2D eigenvalue weighted by Gasteiger charge is -2.21. The van der Waals surface area contributed by atoms with Crippen LogP contribution >= 0.6 is 0 Å². The van der Waals surface area contributed by atoms with Crippen LogP contribution in [0.2, 0.25) is 0 Å². The molecule has 0 aliphatic heterocycles. The fraction of sp³-hybridized carbons (Fsp3) is 0.125. The van der Waals surface area contributed by atoms with Crippen LogP contribution in [-0.2, 0) is 0 Å². The molecular weight excluding hydrogens is 272 g/mol. The van der Waals surface area contributed by atoms with Gasteiger partial charge in [-0.15, -0.1) is 0 Å². The molecular formula is C16H12O5. The molecule has 2 aromatic carbocycles. The van der Waals surface area contributed by atoms with Crippen LogP contribution in [-0.4, -0.2) is 28.9 Å². The summed E-state index contributed by atoms with van der Waals surface area (Å²) in [6, 6.07) is 5.79. The number of benzene rings is 2. The minimum atomic E-state index is -0.584. The van der Waals surface area contributed by atoms with Gasteiger partial charge in [0.25, 0.3) is 0 Å². The molecule has 0 radical (unpaired) electrons. The molecule has 5 nitrogen and oxygen atoms in total. The number of aryl methyl sites for hydroxylation is 1. The first kappa shape index (κ1) is 13.2. The van der Waals surface area contributed by atoms with E-state index < -0.39 is 17.3 Å². The summed E-state index contributed by atoms with van der Waals surface area (Å²) >= 11 is 0. The summed E-state index contributed by atoms with van der Waals surface area (Å²) in [6.45, 7) is 1.80. The lowest BCUT2D eigenvalue weighted by atomic mass is 9.82. The van der Waals surface area contributed by atoms with E-state index in [1.165, 1.54) is 19.2 Å². The van der Waals surface area contributed by atoms with Gasteiger partial charge in [0.2, 0.25) is 5.78 Å². The highest BCUT2D eigenvalue weighted by Gasteiger charge is 2.35. The first-order valence-corrected chi connectivity index (χ1v) is 6.28. The quantitative estimate of drug-likeness (QED) is 0.669. The second-order valence-electron chi connectivity index (χ2n) is 4.90. The van der Waals surface area contributed by atoms with E-state index in [4.69, 9.17) is 4.74 Å². The van der Waals surface area contributed by atoms with E-state index in [2.05, 4.69) is 0 Å². The number of ketones is 2. The monoisotopic (exact) mass is 284 g/mol. The zero-order valence-electron chi connectivity index (χ0n) is 11.4. The van der Waals surface area contributed by atoms with Gasteiger partial charge in [0.05, 0.1) is 18.2 Å². The van der Waals surface area contributed by atoms with Crippen LogP contribution in [0.4, 0.5) is 0 Å². The van der Waals surface area contributed by atoms with Crippen molar-refractivity contribution in [2.45, 2.75) is 6.92 Å². The fourth-order valence-corrected chi connectivity index (χ4v) is 2.60. The second kappa shape index (κ2) is 4.34. The zero-order chi connectivity index (χ0) is 15.3. The topological polar surface area (TPSA) is 83.8 Å². The van der Waals surface area contributed by atoms with Crippen LogP contribution in [0, 0.1) is 6.92 Å². The van der Waals surface area contributed by atoms with E-state index in [1.807, 2.05) is 0 Å². The van der Waals surface area contributed by atoms with E-state index in [0.717, 1.165) is 5.56 Å². The van der Waals surface area contributed by atoms with Gasteiger partial charge in [-0.1, -0.05) is 0 Å². The largest absolute Gasteiger partial charge is 0.504 e. The molecule has 3 rings (SSSR count). The highest BCUT2D eigenvalue weighted by molar-refractivity contribution is 6.30. The maximum atomic E-state index is 12.6. The lowest BCUT2D eigenvalue weighted by Crippen LogP contribution is -2.22. The van der Waals surface area contributed by atoms with Crippen molar-refractivity contribution in [1.82, 2.24) is 0 Å². The number of phenols is 2. The third-order valence-electron chi connectivity index (χ3n) is 3.57. The van der Waals surface area contributed by atoms with Crippen LogP contribution in [0.1, 0.15) is 37.4 Å². The Labute approximate surface area is 120 Å². The number of fused-ring (bicyclic) bond motifs is 2. The van der Waals surface area contributed by atoms with Gasteiger partial charge in [-0.3, -0.25) is 9.59 Å². The molecule has 0 saturated carbocycles. The maximum absolute atomic E-state index is 12.6. The van der Waals surface area contributed by atoms with Crippen LogP contribution < -0.4 is 4.74 Å². The number of phenolic OH excluding ortho intramolecular Hbond substituents is 2. The summed E-state index contributed by atoms with van der Waals surface area (Å²) in [5.74, 6) is -1.66. The first-order chi connectivity index (χ1) is 9.95. The predicted molar refractivity (Wildman–Crippen MR) is 74.4 cm³/mol. The third kappa shape index (κ3) is 1.71. The van der Waals surface area contributed by atoms with Crippen molar-refractivity contribution in [3.05, 3.63) is 52.1 Å². The molecule has 0 atom stereocenters. The Hall–Kier alpha value is -2.82. The summed E-state index contributed by atoms with van der Waals surface area (Å²) in [5.41, 5.74) is 1.04. The molecule has 106 valence electrons. The molecule has 0 spiro atoms. The number of carbonyl (C=O) groups is 2. The van der Waals surface area contributed by atoms with Crippen LogP contribution in [0.25, 0.3) is 0 Å². The molecule has 1 aliphatic carbocycles. The van der Waals surface area contributed by atoms with Crippen molar-refractivity contribution in [2.24, 2.45) is 0 Å². The average molecular weight is 284 g/mol. The molecule has 0 amide bonds. The molecule has 0 fully saturated rings. The maximum Gasteiger partial charge on any atom is 0.202 e. The van der Waals surface area contributed by atoms with Gasteiger partial charge < -0.3 is 14.9 Å². The Bertz CT molecular complexity index is 805. The van der Waals surface area contributed by atoms with E-state index in [0.29, 0.717) is 0 Å². The van der Waals surface area contributed by atoms with Crippen molar-refractivity contribution in [3.63, 3.8) is 0 Å². The third-order valence-corrected chi connectivity index (χ3v) is 3.57. The number of hydrogen-bond donors (Lipinski definition) is 2. The Balaban J connectivity index is 2.39. The molecule has 2 aromatic rings. The van der Waals surface area contributed by atoms with Crippen molar-refractivity contribution in [2.75, 3.05) is 7.11 Å². The first-order valence-electron chi connectivity index (χ1n) is 6.28. The Morgan fingerprint density at radius 2 is 1.67 bits per heavy atom. The number of carbonyl (C=O) groups excluding carboxylic acids is 2. The van der Waals surface area contributed by atoms with E-state index in [9.17, 15) is 19.8 Å². The van der Waals surface area contributed by atoms with Gasteiger partial charge in [-0.25, -0.2) is 0 Å². The van der Waals surface area contributed by atoms with Gasteiger partial charge in [0.15, 0.2) is 17.3 Å². The highest BCUT2D eigenvalue weighted by atomic mass is 16.5. The Morgan fingerprint density at radius 3 is 2.33 bits per heavy atom. The van der Waals surface area contributed by atoms with E-state index in [1.54, 1.807) is 19.1 Å². The fourth-order valence-electron chi connectivity index (χ4n) is 2.60. The van der Waals surface area contributed by atoms with E-state index in [-0.39, 0.29) is 33.8 Å². The minimum Gasteiger partial charge on any atom is -0.504 e. The zero-order valence-corrected chi connectivity index (χ0v) is 11.4. The van der Waals surface area contributed by atoms with Crippen molar-refractivity contribution < 1.29 is 24.5 Å². The van der Waals surface area contributed by atoms with Crippen LogP contribution in [0.5, 0.6) is 17.2 Å². The minimum absolute atomic E-state index is 0.0791. The van der Waals surface area contributed by atoms with Gasteiger partial charge in [-0.2, -0.15) is 0 Å². The van der Waals surface area contributed by atoms with E-state index >= 15 is 0 Å². The molecule has 21 heavy (non-hydrogen) atoms. The molecule has 0 bridgehead atoms. The number of aromatic hydroxyl groups is 2. The van der Waals surface area contributed by atoms with Crippen molar-refractivity contribution in [3.8, 4) is 17.2 Å². The highest BCUT2D eigenvalue weighted by Crippen LogP contribution is 2.40. The van der Waals surface area contributed by atoms with Crippen molar-refractivity contribution >= 4 is 11.6 Å². The summed E-state index contributed by atoms with van der Waals surface area (Å²) in [5, 5.41) is 19.5. The average Bonchev–Trinajstić information content (AvgIpc) is 2.46. The number of ether oxygens (including phenoxy) is 1. The Kier molecular flexibility index (Phi) is 2.73. The summed E-state index contributed by atoms with van der Waals surface area (Å²) in [6.07, 6.45) is 0. The second-order valence-corrected chi connectivity index (χ2v) is 4.90. The molecule has 0 aromatic heterocycles. The molecule has 0 heterocycles. The standard InChI is InChI=1S/C16H12O5/c1-7-5-9-12(11(6-7)21-2)16(20)13-8(14(9)18)3-4-10(17)15(13)19/h3-6,17,19H,1-2H3. The summed E-state index contributed by atoms with van der Waals surface area (Å²) < 4.78 is 5.18. The number of methoxy groups -OCH3 is 1. The van der Waals surface area contributed by atoms with Crippen LogP contribution in [0.3, 0.4) is 0 Å². The molecule has 0 unspecified atom stereocenters. The van der Waals surface area contributed by atoms with Gasteiger partial charge in [-0.05, 0) is 36.8 Å². The smallest absolute Gasteiger partial charge is 0.202 e. The van der Waals surface area contributed by atoms with Crippen LogP contribution in [0.15, 0.2) is 24.3 Å². The van der Waals surface area contributed by atoms with Gasteiger partial charge >= 0.3 is 0 Å². The molecule has 0 saturated heterocycles. The molecule has 2 N–H and O–H groups in total. The molecule has 5 heteroatoms. The summed E-state index contributed by atoms with van der Waals surface area (Å²) in [7, 11) is 1.41. The SMILES string of the molecule is COc1cc(C)cc2c1C(=O)c1c(ccc(O)c1O)C2=O. The number of rotatable bonds is 1. The molecule has 1 aliphatic rings. The lowest BCUT2D eigenvalue weighted by molar-refractivity contribution is 0.0973. The number of hydrogen-bond acceptors (Lipinski definition) is 5.